The number of nitrogens with one attached hydrogen (secondary N) is 1. The van der Waals surface area contributed by atoms with Gasteiger partial charge in [0, 0.05) is 30.4 Å². The van der Waals surface area contributed by atoms with E-state index < -0.39 is 0 Å². The molecule has 1 aliphatic heterocycles. The van der Waals surface area contributed by atoms with E-state index in [2.05, 4.69) is 10.3 Å². The third-order valence-corrected chi connectivity index (χ3v) is 5.65. The Morgan fingerprint density at radius 2 is 2.03 bits per heavy atom. The van der Waals surface area contributed by atoms with Crippen LogP contribution in [0.2, 0.25) is 0 Å². The average molecular weight is 408 g/mol. The van der Waals surface area contributed by atoms with Gasteiger partial charge in [-0.1, -0.05) is 6.07 Å². The number of ether oxygens (including phenoxy) is 3. The van der Waals surface area contributed by atoms with Crippen LogP contribution in [0.25, 0.3) is 5.65 Å². The lowest BCUT2D eigenvalue weighted by molar-refractivity contribution is 0.102. The van der Waals surface area contributed by atoms with Crippen molar-refractivity contribution in [2.24, 2.45) is 11.8 Å². The van der Waals surface area contributed by atoms with Crippen molar-refractivity contribution in [2.45, 2.75) is 25.9 Å². The molecule has 0 spiro atoms. The minimum atomic E-state index is -0.305. The van der Waals surface area contributed by atoms with Gasteiger partial charge in [0.15, 0.2) is 0 Å². The molecule has 2 aliphatic rings. The van der Waals surface area contributed by atoms with E-state index in [1.807, 2.05) is 30.5 Å². The summed E-state index contributed by atoms with van der Waals surface area (Å²) in [6.07, 6.45) is 3.70. The van der Waals surface area contributed by atoms with Gasteiger partial charge in [0.25, 0.3) is 5.91 Å². The van der Waals surface area contributed by atoms with Crippen LogP contribution < -0.4 is 14.8 Å². The Morgan fingerprint density at radius 3 is 2.77 bits per heavy atom. The Morgan fingerprint density at radius 1 is 1.23 bits per heavy atom. The molecule has 1 N–H and O–H groups in total. The number of imidazole rings is 1. The Kier molecular flexibility index (Phi) is 4.58. The second-order valence-electron chi connectivity index (χ2n) is 8.06. The molecule has 2 atom stereocenters. The van der Waals surface area contributed by atoms with Crippen LogP contribution in [-0.4, -0.2) is 46.7 Å². The second kappa shape index (κ2) is 7.28. The number of amides is 1. The monoisotopic (exact) mass is 408 g/mol. The normalized spacial score (nSPS) is 22.2. The molecule has 1 aliphatic carbocycles. The maximum atomic E-state index is 13.1. The fourth-order valence-corrected chi connectivity index (χ4v) is 4.18. The van der Waals surface area contributed by atoms with E-state index >= 15 is 0 Å². The molecule has 0 aromatic carbocycles. The van der Waals surface area contributed by atoms with Crippen molar-refractivity contribution in [1.82, 2.24) is 14.4 Å². The number of rotatable bonds is 6. The summed E-state index contributed by atoms with van der Waals surface area (Å²) < 4.78 is 18.5. The van der Waals surface area contributed by atoms with E-state index in [0.29, 0.717) is 40.8 Å². The van der Waals surface area contributed by atoms with Gasteiger partial charge in [0.2, 0.25) is 5.88 Å². The molecule has 30 heavy (non-hydrogen) atoms. The first-order chi connectivity index (χ1) is 14.5. The van der Waals surface area contributed by atoms with Crippen molar-refractivity contribution in [3.8, 4) is 11.6 Å². The molecule has 3 aromatic heterocycles. The zero-order chi connectivity index (χ0) is 20.8. The Balaban J connectivity index is 1.47. The lowest BCUT2D eigenvalue weighted by atomic mass is 10.2. The third-order valence-electron chi connectivity index (χ3n) is 5.65. The zero-order valence-electron chi connectivity index (χ0n) is 17.2. The number of nitrogens with zero attached hydrogens (tertiary/aromatic N) is 3. The van der Waals surface area contributed by atoms with Crippen molar-refractivity contribution >= 4 is 17.4 Å². The van der Waals surface area contributed by atoms with Gasteiger partial charge in [-0.05, 0) is 31.7 Å². The number of methoxy groups -OCH3 is 1. The highest BCUT2D eigenvalue weighted by molar-refractivity contribution is 6.05. The Labute approximate surface area is 174 Å². The van der Waals surface area contributed by atoms with Crippen LogP contribution in [0.15, 0.2) is 36.7 Å². The predicted molar refractivity (Wildman–Crippen MR) is 110 cm³/mol. The molecule has 8 nitrogen and oxygen atoms in total. The van der Waals surface area contributed by atoms with E-state index in [9.17, 15) is 4.79 Å². The van der Waals surface area contributed by atoms with Crippen molar-refractivity contribution in [1.29, 1.82) is 0 Å². The van der Waals surface area contributed by atoms with Gasteiger partial charge in [-0.15, -0.1) is 0 Å². The highest BCUT2D eigenvalue weighted by atomic mass is 16.5. The predicted octanol–water partition coefficient (Wildman–Crippen LogP) is 3.14. The molecule has 1 saturated carbocycles. The quantitative estimate of drug-likeness (QED) is 0.674. The van der Waals surface area contributed by atoms with Gasteiger partial charge in [0.05, 0.1) is 37.7 Å². The number of hydrogen-bond acceptors (Lipinski definition) is 6. The van der Waals surface area contributed by atoms with Crippen LogP contribution in [0.3, 0.4) is 0 Å². The molecule has 1 saturated heterocycles. The minimum Gasteiger partial charge on any atom is -0.490 e. The summed E-state index contributed by atoms with van der Waals surface area (Å²) in [6, 6.07) is 7.03. The standard InChI is InChI=1S/C22H24N4O4/c1-12(2)30-17-7-19-23-16(21-14-10-29-11-15(14)21)9-26(19)8-13(17)22(27)25-18-5-4-6-20(24-18)28-3/h4-9,12,14-15,21H,10-11H2,1-3H3,(H,24,25,27). The molecule has 0 bridgehead atoms. The average Bonchev–Trinajstić information content (AvgIpc) is 3.05. The van der Waals surface area contributed by atoms with Gasteiger partial charge >= 0.3 is 0 Å². The Hall–Kier alpha value is -3.13. The summed E-state index contributed by atoms with van der Waals surface area (Å²) in [4.78, 5) is 22.1. The second-order valence-corrected chi connectivity index (χ2v) is 8.06. The molecule has 0 radical (unpaired) electrons. The summed E-state index contributed by atoms with van der Waals surface area (Å²) >= 11 is 0. The number of hydrogen-bond donors (Lipinski definition) is 1. The van der Waals surface area contributed by atoms with Gasteiger partial charge in [-0.3, -0.25) is 4.79 Å². The van der Waals surface area contributed by atoms with Gasteiger partial charge < -0.3 is 23.9 Å². The van der Waals surface area contributed by atoms with Crippen LogP contribution in [0.4, 0.5) is 5.82 Å². The van der Waals surface area contributed by atoms with Gasteiger partial charge in [-0.25, -0.2) is 4.98 Å². The van der Waals surface area contributed by atoms with E-state index in [4.69, 9.17) is 19.2 Å². The van der Waals surface area contributed by atoms with E-state index in [-0.39, 0.29) is 12.0 Å². The molecule has 4 heterocycles. The van der Waals surface area contributed by atoms with Crippen LogP contribution >= 0.6 is 0 Å². The van der Waals surface area contributed by atoms with Crippen molar-refractivity contribution in [3.63, 3.8) is 0 Å². The number of aromatic nitrogens is 3. The zero-order valence-corrected chi connectivity index (χ0v) is 17.2. The number of carbonyl (C=O) groups is 1. The summed E-state index contributed by atoms with van der Waals surface area (Å²) in [5.74, 6) is 2.62. The first-order valence-electron chi connectivity index (χ1n) is 10.1. The van der Waals surface area contributed by atoms with Gasteiger partial charge in [0.1, 0.15) is 17.2 Å². The molecule has 5 rings (SSSR count). The molecule has 2 unspecified atom stereocenters. The number of pyridine rings is 2. The molecule has 3 aromatic rings. The van der Waals surface area contributed by atoms with Crippen molar-refractivity contribution in [3.05, 3.63) is 47.9 Å². The van der Waals surface area contributed by atoms with Crippen molar-refractivity contribution < 1.29 is 19.0 Å². The smallest absolute Gasteiger partial charge is 0.262 e. The van der Waals surface area contributed by atoms with Crippen LogP contribution in [0.5, 0.6) is 11.6 Å². The fourth-order valence-electron chi connectivity index (χ4n) is 4.18. The summed E-state index contributed by atoms with van der Waals surface area (Å²) in [7, 11) is 1.53. The lowest BCUT2D eigenvalue weighted by Crippen LogP contribution is -2.17. The van der Waals surface area contributed by atoms with Crippen LogP contribution in [-0.2, 0) is 4.74 Å². The molecular formula is C22H24N4O4. The molecule has 156 valence electrons. The topological polar surface area (TPSA) is 87.0 Å². The van der Waals surface area contributed by atoms with Gasteiger partial charge in [-0.2, -0.15) is 4.98 Å². The summed E-state index contributed by atoms with van der Waals surface area (Å²) in [5, 5.41) is 2.83. The van der Waals surface area contributed by atoms with Crippen LogP contribution in [0, 0.1) is 11.8 Å². The number of anilines is 1. The maximum Gasteiger partial charge on any atom is 0.262 e. The fraction of sp³-hybridized carbons (Fsp3) is 0.409. The molecule has 2 fully saturated rings. The maximum absolute atomic E-state index is 13.1. The summed E-state index contributed by atoms with van der Waals surface area (Å²) in [6.45, 7) is 5.48. The van der Waals surface area contributed by atoms with E-state index in [1.165, 1.54) is 7.11 Å². The highest BCUT2D eigenvalue weighted by Crippen LogP contribution is 2.57. The minimum absolute atomic E-state index is 0.0803. The number of carbonyl (C=O) groups excluding carboxylic acids is 1. The summed E-state index contributed by atoms with van der Waals surface area (Å²) in [5.41, 5.74) is 2.24. The first kappa shape index (κ1) is 18.9. The first-order valence-corrected chi connectivity index (χ1v) is 10.1. The largest absolute Gasteiger partial charge is 0.490 e. The molecular weight excluding hydrogens is 384 g/mol. The Bertz CT molecular complexity index is 1100. The van der Waals surface area contributed by atoms with Crippen molar-refractivity contribution in [2.75, 3.05) is 25.6 Å². The highest BCUT2D eigenvalue weighted by Gasteiger charge is 2.55. The van der Waals surface area contributed by atoms with E-state index in [1.54, 1.807) is 24.4 Å². The lowest BCUT2D eigenvalue weighted by Gasteiger charge is -2.14. The van der Waals surface area contributed by atoms with E-state index in [0.717, 1.165) is 24.6 Å². The molecule has 1 amide bonds. The van der Waals surface area contributed by atoms with Crippen LogP contribution in [0.1, 0.15) is 35.8 Å². The number of fused-ring (bicyclic) bond motifs is 2. The SMILES string of the molecule is COc1cccc(NC(=O)c2cn3cc(C4C5COCC54)nc3cc2OC(C)C)n1. The third kappa shape index (κ3) is 3.37. The molecule has 8 heteroatoms.